The summed E-state index contributed by atoms with van der Waals surface area (Å²) in [4.78, 5) is 11.8. The van der Waals surface area contributed by atoms with Gasteiger partial charge in [0.2, 0.25) is 0 Å². The van der Waals surface area contributed by atoms with Gasteiger partial charge in [0.25, 0.3) is 0 Å². The van der Waals surface area contributed by atoms with E-state index in [2.05, 4.69) is 0 Å². The fraction of sp³-hybridized carbons (Fsp3) is 0.364. The highest BCUT2D eigenvalue weighted by Gasteiger charge is 2.16. The molecule has 1 aromatic rings. The van der Waals surface area contributed by atoms with Crippen LogP contribution in [0.3, 0.4) is 0 Å². The predicted molar refractivity (Wildman–Crippen MR) is 63.2 cm³/mol. The number of hydrogen-bond donors (Lipinski definition) is 0. The van der Waals surface area contributed by atoms with Crippen molar-refractivity contribution in [1.82, 2.24) is 0 Å². The van der Waals surface area contributed by atoms with Crippen molar-refractivity contribution in [2.75, 3.05) is 14.2 Å². The van der Waals surface area contributed by atoms with Crippen LogP contribution in [0.15, 0.2) is 18.2 Å². The average Bonchev–Trinajstić information content (AvgIpc) is 2.25. The lowest BCUT2D eigenvalue weighted by Gasteiger charge is -2.12. The van der Waals surface area contributed by atoms with Crippen LogP contribution in [-0.2, 0) is 9.47 Å². The maximum atomic E-state index is 11.8. The van der Waals surface area contributed by atoms with Crippen molar-refractivity contribution >= 4 is 29.0 Å². The molecule has 1 rings (SSSR count). The average molecular weight is 263 g/mol. The molecule has 0 bridgehead atoms. The van der Waals surface area contributed by atoms with Gasteiger partial charge in [-0.2, -0.15) is 0 Å². The quantitative estimate of drug-likeness (QED) is 0.604. The first-order valence-electron chi connectivity index (χ1n) is 4.62. The van der Waals surface area contributed by atoms with E-state index in [1.54, 1.807) is 12.1 Å². The summed E-state index contributed by atoms with van der Waals surface area (Å²) in [5.41, 5.74) is 0.421. The summed E-state index contributed by atoms with van der Waals surface area (Å²) < 4.78 is 9.89. The van der Waals surface area contributed by atoms with Crippen molar-refractivity contribution in [3.63, 3.8) is 0 Å². The van der Waals surface area contributed by atoms with E-state index >= 15 is 0 Å². The number of ether oxygens (including phenoxy) is 2. The number of halogens is 2. The van der Waals surface area contributed by atoms with Crippen molar-refractivity contribution < 1.29 is 14.3 Å². The standard InChI is InChI=1S/C11H12Cl2O3/c1-15-11(16-2)6-10(14)8-4-3-7(12)5-9(8)13/h3-5,11H,6H2,1-2H3. The molecule has 0 N–H and O–H groups in total. The lowest BCUT2D eigenvalue weighted by Crippen LogP contribution is -2.18. The van der Waals surface area contributed by atoms with Crippen LogP contribution in [-0.4, -0.2) is 26.3 Å². The molecule has 0 amide bonds. The molecule has 0 saturated heterocycles. The fourth-order valence-corrected chi connectivity index (χ4v) is 1.75. The molecule has 1 aromatic carbocycles. The first kappa shape index (κ1) is 13.5. The van der Waals surface area contributed by atoms with Gasteiger partial charge in [-0.15, -0.1) is 0 Å². The molecule has 16 heavy (non-hydrogen) atoms. The molecule has 0 aliphatic rings. The molecule has 0 aromatic heterocycles. The van der Waals surface area contributed by atoms with Gasteiger partial charge in [0, 0.05) is 24.8 Å². The second-order valence-electron chi connectivity index (χ2n) is 3.15. The zero-order valence-electron chi connectivity index (χ0n) is 9.00. The van der Waals surface area contributed by atoms with Gasteiger partial charge in [0.05, 0.1) is 11.4 Å². The summed E-state index contributed by atoms with van der Waals surface area (Å²) in [7, 11) is 2.95. The topological polar surface area (TPSA) is 35.5 Å². The monoisotopic (exact) mass is 262 g/mol. The summed E-state index contributed by atoms with van der Waals surface area (Å²) in [5, 5.41) is 0.833. The van der Waals surface area contributed by atoms with Crippen molar-refractivity contribution in [2.45, 2.75) is 12.7 Å². The van der Waals surface area contributed by atoms with Crippen LogP contribution in [0.2, 0.25) is 10.0 Å². The summed E-state index contributed by atoms with van der Waals surface area (Å²) >= 11 is 11.6. The Kier molecular flexibility index (Phi) is 5.22. The Balaban J connectivity index is 2.80. The minimum Gasteiger partial charge on any atom is -0.355 e. The number of rotatable bonds is 5. The van der Waals surface area contributed by atoms with E-state index in [1.165, 1.54) is 20.3 Å². The van der Waals surface area contributed by atoms with Gasteiger partial charge in [-0.25, -0.2) is 0 Å². The van der Waals surface area contributed by atoms with Crippen molar-refractivity contribution in [2.24, 2.45) is 0 Å². The highest BCUT2D eigenvalue weighted by atomic mass is 35.5. The molecule has 0 saturated carbocycles. The SMILES string of the molecule is COC(CC(=O)c1ccc(Cl)cc1Cl)OC. The van der Waals surface area contributed by atoms with E-state index in [0.29, 0.717) is 15.6 Å². The molecule has 0 unspecified atom stereocenters. The minimum absolute atomic E-state index is 0.119. The van der Waals surface area contributed by atoms with Crippen LogP contribution in [0, 0.1) is 0 Å². The van der Waals surface area contributed by atoms with Crippen LogP contribution in [0.4, 0.5) is 0 Å². The zero-order valence-corrected chi connectivity index (χ0v) is 10.5. The third kappa shape index (κ3) is 3.46. The van der Waals surface area contributed by atoms with Crippen LogP contribution >= 0.6 is 23.2 Å². The third-order valence-electron chi connectivity index (χ3n) is 2.11. The predicted octanol–water partition coefficient (Wildman–Crippen LogP) is 3.19. The minimum atomic E-state index is -0.556. The smallest absolute Gasteiger partial charge is 0.169 e. The van der Waals surface area contributed by atoms with Crippen LogP contribution in [0.25, 0.3) is 0 Å². The molecule has 3 nitrogen and oxygen atoms in total. The lowest BCUT2D eigenvalue weighted by atomic mass is 10.1. The Morgan fingerprint density at radius 1 is 1.31 bits per heavy atom. The number of methoxy groups -OCH3 is 2. The molecular weight excluding hydrogens is 251 g/mol. The maximum absolute atomic E-state index is 11.8. The maximum Gasteiger partial charge on any atom is 0.169 e. The van der Waals surface area contributed by atoms with Crippen molar-refractivity contribution in [1.29, 1.82) is 0 Å². The van der Waals surface area contributed by atoms with E-state index in [1.807, 2.05) is 0 Å². The summed E-state index contributed by atoms with van der Waals surface area (Å²) in [5.74, 6) is -0.143. The Hall–Kier alpha value is -0.610. The van der Waals surface area contributed by atoms with E-state index in [0.717, 1.165) is 0 Å². The normalized spacial score (nSPS) is 10.8. The van der Waals surface area contributed by atoms with E-state index < -0.39 is 6.29 Å². The first-order chi connectivity index (χ1) is 7.58. The van der Waals surface area contributed by atoms with E-state index in [-0.39, 0.29) is 12.2 Å². The Morgan fingerprint density at radius 2 is 1.94 bits per heavy atom. The van der Waals surface area contributed by atoms with E-state index in [9.17, 15) is 4.79 Å². The van der Waals surface area contributed by atoms with Gasteiger partial charge < -0.3 is 9.47 Å². The summed E-state index contributed by atoms with van der Waals surface area (Å²) in [6.45, 7) is 0. The van der Waals surface area contributed by atoms with Gasteiger partial charge in [0.1, 0.15) is 0 Å². The molecule has 88 valence electrons. The van der Waals surface area contributed by atoms with Crippen LogP contribution < -0.4 is 0 Å². The molecule has 0 fully saturated rings. The molecular formula is C11H12Cl2O3. The Labute approximate surface area is 104 Å². The number of carbonyl (C=O) groups is 1. The molecule has 0 radical (unpaired) electrons. The van der Waals surface area contributed by atoms with Gasteiger partial charge in [-0.1, -0.05) is 23.2 Å². The highest BCUT2D eigenvalue weighted by Crippen LogP contribution is 2.22. The van der Waals surface area contributed by atoms with Gasteiger partial charge in [-0.3, -0.25) is 4.79 Å². The number of Topliss-reactive ketones (excluding diaryl/α,β-unsaturated/α-hetero) is 1. The van der Waals surface area contributed by atoms with Crippen molar-refractivity contribution in [3.05, 3.63) is 33.8 Å². The second kappa shape index (κ2) is 6.21. The summed E-state index contributed by atoms with van der Waals surface area (Å²) in [6, 6.07) is 4.75. The second-order valence-corrected chi connectivity index (χ2v) is 4.00. The number of benzene rings is 1. The van der Waals surface area contributed by atoms with Crippen LogP contribution in [0.5, 0.6) is 0 Å². The van der Waals surface area contributed by atoms with Gasteiger partial charge in [0.15, 0.2) is 12.1 Å². The molecule has 0 aliphatic carbocycles. The molecule has 0 atom stereocenters. The molecule has 0 aliphatic heterocycles. The summed E-state index contributed by atoms with van der Waals surface area (Å²) in [6.07, 6.45) is -0.437. The highest BCUT2D eigenvalue weighted by molar-refractivity contribution is 6.36. The molecule has 5 heteroatoms. The lowest BCUT2D eigenvalue weighted by molar-refractivity contribution is -0.0993. The van der Waals surface area contributed by atoms with Crippen LogP contribution in [0.1, 0.15) is 16.8 Å². The molecule has 0 heterocycles. The zero-order chi connectivity index (χ0) is 12.1. The largest absolute Gasteiger partial charge is 0.355 e. The molecule has 0 spiro atoms. The number of carbonyl (C=O) groups excluding carboxylic acids is 1. The van der Waals surface area contributed by atoms with Gasteiger partial charge >= 0.3 is 0 Å². The number of ketones is 1. The first-order valence-corrected chi connectivity index (χ1v) is 5.38. The number of hydrogen-bond acceptors (Lipinski definition) is 3. The van der Waals surface area contributed by atoms with E-state index in [4.69, 9.17) is 32.7 Å². The van der Waals surface area contributed by atoms with Gasteiger partial charge in [-0.05, 0) is 18.2 Å². The fourth-order valence-electron chi connectivity index (χ4n) is 1.24. The Bertz CT molecular complexity index is 375. The third-order valence-corrected chi connectivity index (χ3v) is 2.66. The Morgan fingerprint density at radius 3 is 2.44 bits per heavy atom. The van der Waals surface area contributed by atoms with Crippen molar-refractivity contribution in [3.8, 4) is 0 Å².